The van der Waals surface area contributed by atoms with Crippen molar-refractivity contribution in [1.82, 2.24) is 21.5 Å². The lowest BCUT2D eigenvalue weighted by atomic mass is 10.0. The van der Waals surface area contributed by atoms with Gasteiger partial charge in [-0.15, -0.1) is 0 Å². The van der Waals surface area contributed by atoms with E-state index in [4.69, 9.17) is 0 Å². The Morgan fingerprint density at radius 1 is 1.21 bits per heavy atom. The Morgan fingerprint density at radius 2 is 1.96 bits per heavy atom. The van der Waals surface area contributed by atoms with Crippen molar-refractivity contribution in [3.05, 3.63) is 35.4 Å². The van der Waals surface area contributed by atoms with Crippen LogP contribution in [0.15, 0.2) is 18.2 Å². The van der Waals surface area contributed by atoms with Crippen LogP contribution in [0.4, 0.5) is 8.78 Å². The van der Waals surface area contributed by atoms with E-state index in [9.17, 15) is 18.4 Å². The van der Waals surface area contributed by atoms with Crippen molar-refractivity contribution in [1.29, 1.82) is 0 Å². The van der Waals surface area contributed by atoms with Gasteiger partial charge in [-0.1, -0.05) is 6.07 Å². The molecule has 6 nitrogen and oxygen atoms in total. The molecule has 2 aliphatic rings. The van der Waals surface area contributed by atoms with Gasteiger partial charge in [0, 0.05) is 13.1 Å². The van der Waals surface area contributed by atoms with E-state index in [1.165, 1.54) is 13.1 Å². The molecule has 3 rings (SSSR count). The smallest absolute Gasteiger partial charge is 0.246 e. The van der Waals surface area contributed by atoms with Crippen LogP contribution < -0.4 is 21.5 Å². The van der Waals surface area contributed by atoms with Crippen molar-refractivity contribution < 1.29 is 18.4 Å². The van der Waals surface area contributed by atoms with Crippen molar-refractivity contribution in [2.24, 2.45) is 5.92 Å². The molecule has 0 radical (unpaired) electrons. The zero-order chi connectivity index (χ0) is 17.3. The molecule has 0 bridgehead atoms. The van der Waals surface area contributed by atoms with E-state index in [2.05, 4.69) is 21.5 Å². The normalized spacial score (nSPS) is 24.5. The molecular formula is C16H20F2N4O2. The Kier molecular flexibility index (Phi) is 4.77. The molecule has 130 valence electrons. The third-order valence-corrected chi connectivity index (χ3v) is 4.51. The van der Waals surface area contributed by atoms with E-state index in [1.807, 2.05) is 0 Å². The zero-order valence-corrected chi connectivity index (χ0v) is 13.2. The number of likely N-dealkylation sites (N-methyl/N-ethyl adjacent to an activating group) is 1. The predicted molar refractivity (Wildman–Crippen MR) is 82.5 cm³/mol. The van der Waals surface area contributed by atoms with Crippen molar-refractivity contribution >= 4 is 11.8 Å². The summed E-state index contributed by atoms with van der Waals surface area (Å²) in [4.78, 5) is 24.5. The van der Waals surface area contributed by atoms with Gasteiger partial charge in [-0.2, -0.15) is 0 Å². The highest BCUT2D eigenvalue weighted by Gasteiger charge is 2.39. The highest BCUT2D eigenvalue weighted by atomic mass is 19.2. The summed E-state index contributed by atoms with van der Waals surface area (Å²) < 4.78 is 26.5. The summed E-state index contributed by atoms with van der Waals surface area (Å²) in [5, 5.41) is 5.03. The van der Waals surface area contributed by atoms with Crippen molar-refractivity contribution in [3.8, 4) is 0 Å². The molecule has 1 saturated heterocycles. The molecule has 3 atom stereocenters. The Hall–Kier alpha value is -2.06. The Labute approximate surface area is 138 Å². The number of hydrogen-bond acceptors (Lipinski definition) is 4. The fraction of sp³-hybridized carbons (Fsp3) is 0.500. The molecule has 2 amide bonds. The van der Waals surface area contributed by atoms with Crippen LogP contribution in [-0.2, 0) is 9.59 Å². The fourth-order valence-electron chi connectivity index (χ4n) is 2.94. The fourth-order valence-corrected chi connectivity index (χ4v) is 2.94. The summed E-state index contributed by atoms with van der Waals surface area (Å²) in [6, 6.07) is 1.84. The summed E-state index contributed by atoms with van der Waals surface area (Å²) in [6.07, 6.45) is 2.95. The van der Waals surface area contributed by atoms with E-state index >= 15 is 0 Å². The molecule has 0 spiro atoms. The number of hydrogen-bond donors (Lipinski definition) is 4. The van der Waals surface area contributed by atoms with Crippen LogP contribution in [0, 0.1) is 17.6 Å². The first-order valence-electron chi connectivity index (χ1n) is 7.97. The second-order valence-corrected chi connectivity index (χ2v) is 6.25. The maximum atomic E-state index is 13.5. The van der Waals surface area contributed by atoms with Crippen molar-refractivity contribution in [2.45, 2.75) is 37.4 Å². The number of benzene rings is 1. The largest absolute Gasteiger partial charge is 0.357 e. The van der Waals surface area contributed by atoms with Crippen molar-refractivity contribution in [2.75, 3.05) is 7.05 Å². The minimum Gasteiger partial charge on any atom is -0.357 e. The molecular weight excluding hydrogens is 318 g/mol. The maximum absolute atomic E-state index is 13.5. The summed E-state index contributed by atoms with van der Waals surface area (Å²) in [5.74, 6) is -2.33. The summed E-state index contributed by atoms with van der Waals surface area (Å²) in [7, 11) is 1.42. The quantitative estimate of drug-likeness (QED) is 0.631. The van der Waals surface area contributed by atoms with Gasteiger partial charge in [0.25, 0.3) is 0 Å². The summed E-state index contributed by atoms with van der Waals surface area (Å²) in [5.41, 5.74) is 6.22. The number of nitrogens with one attached hydrogen (secondary N) is 4. The third-order valence-electron chi connectivity index (χ3n) is 4.51. The van der Waals surface area contributed by atoms with E-state index in [1.54, 1.807) is 0 Å². The lowest BCUT2D eigenvalue weighted by Crippen LogP contribution is -2.47. The Balaban J connectivity index is 1.70. The highest BCUT2D eigenvalue weighted by Crippen LogP contribution is 2.35. The second-order valence-electron chi connectivity index (χ2n) is 6.25. The molecule has 0 aromatic heterocycles. The number of amides is 2. The maximum Gasteiger partial charge on any atom is 0.246 e. The van der Waals surface area contributed by atoms with Crippen LogP contribution in [0.1, 0.15) is 30.9 Å². The van der Waals surface area contributed by atoms with E-state index in [-0.39, 0.29) is 17.5 Å². The van der Waals surface area contributed by atoms with Crippen LogP contribution in [0.3, 0.4) is 0 Å². The van der Waals surface area contributed by atoms with Crippen LogP contribution in [0.2, 0.25) is 0 Å². The Bertz CT molecular complexity index is 651. The zero-order valence-electron chi connectivity index (χ0n) is 13.2. The average molecular weight is 338 g/mol. The van der Waals surface area contributed by atoms with Gasteiger partial charge in [-0.25, -0.2) is 14.2 Å². The molecule has 4 N–H and O–H groups in total. The third kappa shape index (κ3) is 3.54. The number of hydrazine groups is 1. The van der Waals surface area contributed by atoms with E-state index in [0.717, 1.165) is 25.0 Å². The average Bonchev–Trinajstić information content (AvgIpc) is 3.31. The van der Waals surface area contributed by atoms with Gasteiger partial charge in [0.15, 0.2) is 11.6 Å². The molecule has 1 aromatic rings. The molecule has 1 heterocycles. The minimum atomic E-state index is -1.08. The molecule has 1 aliphatic carbocycles. The highest BCUT2D eigenvalue weighted by molar-refractivity contribution is 5.90. The molecule has 1 aromatic carbocycles. The lowest BCUT2D eigenvalue weighted by molar-refractivity contribution is -0.129. The van der Waals surface area contributed by atoms with Crippen LogP contribution in [0.5, 0.6) is 0 Å². The number of carbonyl (C=O) groups excluding carboxylic acids is 2. The number of halogens is 2. The van der Waals surface area contributed by atoms with Gasteiger partial charge in [0.1, 0.15) is 12.1 Å². The topological polar surface area (TPSA) is 82.3 Å². The SMILES string of the molecule is CNC(=O)C(NC(=O)C1CC(C2CC2)NN1)c1ccc(F)c(F)c1. The number of rotatable bonds is 5. The monoisotopic (exact) mass is 338 g/mol. The molecule has 8 heteroatoms. The van der Waals surface area contributed by atoms with E-state index < -0.39 is 29.6 Å². The van der Waals surface area contributed by atoms with Crippen LogP contribution >= 0.6 is 0 Å². The molecule has 2 fully saturated rings. The summed E-state index contributed by atoms with van der Waals surface area (Å²) >= 11 is 0. The van der Waals surface area contributed by atoms with Gasteiger partial charge in [0.2, 0.25) is 11.8 Å². The molecule has 1 aliphatic heterocycles. The first-order chi connectivity index (χ1) is 11.5. The van der Waals surface area contributed by atoms with Gasteiger partial charge in [0.05, 0.1) is 0 Å². The first-order valence-corrected chi connectivity index (χ1v) is 7.97. The van der Waals surface area contributed by atoms with Gasteiger partial charge >= 0.3 is 0 Å². The van der Waals surface area contributed by atoms with Gasteiger partial charge in [-0.3, -0.25) is 15.0 Å². The van der Waals surface area contributed by atoms with Crippen molar-refractivity contribution in [3.63, 3.8) is 0 Å². The van der Waals surface area contributed by atoms with E-state index in [0.29, 0.717) is 12.3 Å². The predicted octanol–water partition coefficient (Wildman–Crippen LogP) is 0.513. The number of carbonyl (C=O) groups is 2. The molecule has 24 heavy (non-hydrogen) atoms. The second kappa shape index (κ2) is 6.82. The summed E-state index contributed by atoms with van der Waals surface area (Å²) in [6.45, 7) is 0. The first kappa shape index (κ1) is 16.8. The van der Waals surface area contributed by atoms with Crippen LogP contribution in [-0.4, -0.2) is 30.9 Å². The standard InChI is InChI=1S/C16H20F2N4O2/c1-19-16(24)14(9-4-5-10(17)11(18)6-9)20-15(23)13-7-12(21-22-13)8-2-3-8/h4-6,8,12-14,21-22H,2-3,7H2,1H3,(H,19,24)(H,20,23). The minimum absolute atomic E-state index is 0.186. The molecule has 3 unspecified atom stereocenters. The lowest BCUT2D eigenvalue weighted by Gasteiger charge is -2.20. The molecule has 1 saturated carbocycles. The Morgan fingerprint density at radius 3 is 2.58 bits per heavy atom. The van der Waals surface area contributed by atoms with Gasteiger partial charge in [-0.05, 0) is 42.9 Å². The van der Waals surface area contributed by atoms with Gasteiger partial charge < -0.3 is 10.6 Å². The van der Waals surface area contributed by atoms with Crippen LogP contribution in [0.25, 0.3) is 0 Å².